The highest BCUT2D eigenvalue weighted by molar-refractivity contribution is 6.31. The van der Waals surface area contributed by atoms with Crippen LogP contribution in [-0.2, 0) is 16.0 Å². The van der Waals surface area contributed by atoms with E-state index in [1.54, 1.807) is 0 Å². The molecule has 0 aliphatic carbocycles. The molecule has 0 amide bonds. The third-order valence-corrected chi connectivity index (χ3v) is 2.08. The highest BCUT2D eigenvalue weighted by atomic mass is 35.5. The molecule has 0 saturated heterocycles. The Morgan fingerprint density at radius 2 is 2.27 bits per heavy atom. The molecule has 0 aliphatic heterocycles. The average Bonchev–Trinajstić information content (AvgIpc) is 2.22. The number of carbonyl (C=O) groups is 2. The van der Waals surface area contributed by atoms with Crippen LogP contribution >= 0.6 is 11.6 Å². The lowest BCUT2D eigenvalue weighted by atomic mass is 10.1. The first-order chi connectivity index (χ1) is 7.10. The summed E-state index contributed by atoms with van der Waals surface area (Å²) in [4.78, 5) is 21.5. The third kappa shape index (κ3) is 2.47. The Hall–Kier alpha value is -1.55. The van der Waals surface area contributed by atoms with E-state index < -0.39 is 5.97 Å². The first-order valence-electron chi connectivity index (χ1n) is 4.13. The lowest BCUT2D eigenvalue weighted by Gasteiger charge is -2.07. The Bertz CT molecular complexity index is 401. The molecule has 5 heteroatoms. The molecule has 0 unspecified atom stereocenters. The first kappa shape index (κ1) is 11.5. The van der Waals surface area contributed by atoms with Gasteiger partial charge in [-0.05, 0) is 12.1 Å². The number of hydrogen-bond donors (Lipinski definition) is 1. The Balaban J connectivity index is 3.27. The van der Waals surface area contributed by atoms with E-state index in [4.69, 9.17) is 11.6 Å². The largest absolute Gasteiger partial charge is 0.507 e. The summed E-state index contributed by atoms with van der Waals surface area (Å²) in [5.74, 6) is -0.958. The van der Waals surface area contributed by atoms with Gasteiger partial charge in [-0.2, -0.15) is 0 Å². The van der Waals surface area contributed by atoms with Gasteiger partial charge in [-0.3, -0.25) is 0 Å². The van der Waals surface area contributed by atoms with Crippen molar-refractivity contribution in [1.29, 1.82) is 0 Å². The zero-order valence-corrected chi connectivity index (χ0v) is 8.75. The smallest absolute Gasteiger partial charge is 0.341 e. The van der Waals surface area contributed by atoms with Crippen molar-refractivity contribution in [2.24, 2.45) is 0 Å². The van der Waals surface area contributed by atoms with Crippen LogP contribution in [0.25, 0.3) is 0 Å². The number of phenolic OH excluding ortho intramolecular Hbond substituents is 1. The minimum absolute atomic E-state index is 0.00358. The van der Waals surface area contributed by atoms with E-state index in [1.807, 2.05) is 0 Å². The Kier molecular flexibility index (Phi) is 3.68. The van der Waals surface area contributed by atoms with Crippen LogP contribution in [0.2, 0.25) is 5.02 Å². The molecule has 15 heavy (non-hydrogen) atoms. The van der Waals surface area contributed by atoms with Crippen LogP contribution < -0.4 is 0 Å². The van der Waals surface area contributed by atoms with Crippen LogP contribution in [0.5, 0.6) is 5.75 Å². The van der Waals surface area contributed by atoms with Crippen molar-refractivity contribution in [3.63, 3.8) is 0 Å². The Labute approximate surface area is 91.4 Å². The summed E-state index contributed by atoms with van der Waals surface area (Å²) in [6.07, 6.45) is 0.614. The van der Waals surface area contributed by atoms with Crippen molar-refractivity contribution in [2.45, 2.75) is 6.42 Å². The number of aldehydes is 1. The van der Waals surface area contributed by atoms with Crippen LogP contribution in [0.1, 0.15) is 15.9 Å². The monoisotopic (exact) mass is 228 g/mol. The Morgan fingerprint density at radius 1 is 1.60 bits per heavy atom. The summed E-state index contributed by atoms with van der Waals surface area (Å²) in [5.41, 5.74) is 0.264. The number of carbonyl (C=O) groups excluding carboxylic acids is 2. The third-order valence-electron chi connectivity index (χ3n) is 1.86. The van der Waals surface area contributed by atoms with Gasteiger partial charge < -0.3 is 14.6 Å². The molecule has 80 valence electrons. The van der Waals surface area contributed by atoms with E-state index in [2.05, 4.69) is 4.74 Å². The molecule has 0 aromatic heterocycles. The predicted molar refractivity (Wildman–Crippen MR) is 54.2 cm³/mol. The van der Waals surface area contributed by atoms with Crippen molar-refractivity contribution in [3.8, 4) is 5.75 Å². The van der Waals surface area contributed by atoms with Crippen molar-refractivity contribution in [1.82, 2.24) is 0 Å². The van der Waals surface area contributed by atoms with Crippen LogP contribution in [0.15, 0.2) is 12.1 Å². The second-order valence-corrected chi connectivity index (χ2v) is 3.26. The second kappa shape index (κ2) is 4.79. The van der Waals surface area contributed by atoms with E-state index in [0.29, 0.717) is 11.8 Å². The number of phenols is 1. The number of ether oxygens (including phenoxy) is 1. The fraction of sp³-hybridized carbons (Fsp3) is 0.200. The number of halogens is 1. The fourth-order valence-electron chi connectivity index (χ4n) is 1.17. The molecule has 1 aromatic rings. The minimum Gasteiger partial charge on any atom is -0.507 e. The molecule has 1 aromatic carbocycles. The van der Waals surface area contributed by atoms with E-state index in [1.165, 1.54) is 19.2 Å². The predicted octanol–water partition coefficient (Wildman–Crippen LogP) is 1.57. The van der Waals surface area contributed by atoms with E-state index >= 15 is 0 Å². The number of methoxy groups -OCH3 is 1. The molecule has 0 bridgehead atoms. The highest BCUT2D eigenvalue weighted by Gasteiger charge is 2.15. The van der Waals surface area contributed by atoms with Crippen molar-refractivity contribution in [2.75, 3.05) is 7.11 Å². The van der Waals surface area contributed by atoms with Gasteiger partial charge in [0.15, 0.2) is 0 Å². The second-order valence-electron chi connectivity index (χ2n) is 2.82. The number of aromatic hydroxyl groups is 1. The number of rotatable bonds is 3. The van der Waals surface area contributed by atoms with Gasteiger partial charge >= 0.3 is 5.97 Å². The summed E-state index contributed by atoms with van der Waals surface area (Å²) in [7, 11) is 1.20. The van der Waals surface area contributed by atoms with Crippen LogP contribution in [0.3, 0.4) is 0 Å². The minimum atomic E-state index is -0.692. The topological polar surface area (TPSA) is 63.6 Å². The number of hydrogen-bond acceptors (Lipinski definition) is 4. The SMILES string of the molecule is COC(=O)c1cc(Cl)cc(CC=O)c1O. The maximum absolute atomic E-state index is 11.2. The van der Waals surface area contributed by atoms with Gasteiger partial charge in [-0.1, -0.05) is 11.6 Å². The summed E-state index contributed by atoms with van der Waals surface area (Å²) in [6, 6.07) is 2.72. The maximum Gasteiger partial charge on any atom is 0.341 e. The van der Waals surface area contributed by atoms with Crippen molar-refractivity contribution in [3.05, 3.63) is 28.3 Å². The molecule has 0 atom stereocenters. The van der Waals surface area contributed by atoms with E-state index in [9.17, 15) is 14.7 Å². The zero-order valence-electron chi connectivity index (χ0n) is 7.99. The number of esters is 1. The van der Waals surface area contributed by atoms with Gasteiger partial charge in [-0.25, -0.2) is 4.79 Å². The van der Waals surface area contributed by atoms with E-state index in [0.717, 1.165) is 0 Å². The lowest BCUT2D eigenvalue weighted by Crippen LogP contribution is -2.03. The zero-order chi connectivity index (χ0) is 11.4. The Morgan fingerprint density at radius 3 is 2.80 bits per heavy atom. The summed E-state index contributed by atoms with van der Waals surface area (Å²) < 4.78 is 4.46. The molecule has 0 spiro atoms. The molecule has 0 heterocycles. The lowest BCUT2D eigenvalue weighted by molar-refractivity contribution is -0.107. The molecule has 4 nitrogen and oxygen atoms in total. The van der Waals surface area contributed by atoms with Crippen molar-refractivity contribution < 1.29 is 19.4 Å². The van der Waals surface area contributed by atoms with Crippen LogP contribution in [0.4, 0.5) is 0 Å². The van der Waals surface area contributed by atoms with Gasteiger partial charge in [0, 0.05) is 17.0 Å². The van der Waals surface area contributed by atoms with Gasteiger partial charge in [0.1, 0.15) is 17.6 Å². The normalized spacial score (nSPS) is 9.73. The fourth-order valence-corrected chi connectivity index (χ4v) is 1.41. The van der Waals surface area contributed by atoms with Crippen LogP contribution in [0, 0.1) is 0 Å². The summed E-state index contributed by atoms with van der Waals surface area (Å²) in [5, 5.41) is 9.90. The molecular formula is C10H9ClO4. The molecule has 0 saturated carbocycles. The molecule has 1 N–H and O–H groups in total. The van der Waals surface area contributed by atoms with E-state index in [-0.39, 0.29) is 22.8 Å². The van der Waals surface area contributed by atoms with Gasteiger partial charge in [0.25, 0.3) is 0 Å². The first-order valence-corrected chi connectivity index (χ1v) is 4.51. The quantitative estimate of drug-likeness (QED) is 0.630. The average molecular weight is 229 g/mol. The van der Waals surface area contributed by atoms with Gasteiger partial charge in [0.05, 0.1) is 7.11 Å². The summed E-state index contributed by atoms with van der Waals surface area (Å²) >= 11 is 5.72. The molecule has 1 rings (SSSR count). The van der Waals surface area contributed by atoms with Crippen molar-refractivity contribution >= 4 is 23.9 Å². The summed E-state index contributed by atoms with van der Waals surface area (Å²) in [6.45, 7) is 0. The molecular weight excluding hydrogens is 220 g/mol. The number of benzene rings is 1. The molecule has 0 aliphatic rings. The van der Waals surface area contributed by atoms with Gasteiger partial charge in [0.2, 0.25) is 0 Å². The maximum atomic E-state index is 11.2. The molecule has 0 radical (unpaired) electrons. The van der Waals surface area contributed by atoms with Gasteiger partial charge in [-0.15, -0.1) is 0 Å². The van der Waals surface area contributed by atoms with Crippen LogP contribution in [-0.4, -0.2) is 24.5 Å². The standard InChI is InChI=1S/C10H9ClO4/c1-15-10(14)8-5-7(11)4-6(2-3-12)9(8)13/h3-5,13H,2H2,1H3. The molecule has 0 fully saturated rings. The highest BCUT2D eigenvalue weighted by Crippen LogP contribution is 2.27.